The highest BCUT2D eigenvalue weighted by atomic mass is 35.5. The third-order valence-corrected chi connectivity index (χ3v) is 2.44. The average molecular weight is 250 g/mol. The smallest absolute Gasteiger partial charge is 0.229 e. The average Bonchev–Trinajstić information content (AvgIpc) is 2.28. The summed E-state index contributed by atoms with van der Waals surface area (Å²) in [4.78, 5) is 11.6. The Hall–Kier alpha value is -1.88. The topological polar surface area (TPSA) is 76.7 Å². The summed E-state index contributed by atoms with van der Waals surface area (Å²) in [5.74, 6) is 0.478. The molecule has 0 fully saturated rings. The number of halogens is 1. The molecule has 0 saturated heterocycles. The van der Waals surface area contributed by atoms with Gasteiger partial charge in [-0.05, 0) is 24.1 Å². The van der Waals surface area contributed by atoms with Crippen LogP contribution in [0.2, 0.25) is 5.28 Å². The summed E-state index contributed by atoms with van der Waals surface area (Å²) in [6, 6.07) is 10.0. The molecule has 17 heavy (non-hydrogen) atoms. The highest BCUT2D eigenvalue weighted by Gasteiger charge is 2.08. The van der Waals surface area contributed by atoms with E-state index in [4.69, 9.17) is 17.3 Å². The maximum absolute atomic E-state index is 5.70. The Labute approximate surface area is 104 Å². The number of hydrogen-bond acceptors (Lipinski definition) is 5. The van der Waals surface area contributed by atoms with Crippen molar-refractivity contribution in [2.45, 2.75) is 13.0 Å². The molecule has 0 aliphatic heterocycles. The second-order valence-electron chi connectivity index (χ2n) is 3.56. The molecule has 0 aliphatic rings. The molecule has 1 aromatic carbocycles. The summed E-state index contributed by atoms with van der Waals surface area (Å²) in [7, 11) is 0. The number of aromatic nitrogens is 3. The monoisotopic (exact) mass is 249 g/mol. The van der Waals surface area contributed by atoms with E-state index in [1.165, 1.54) is 0 Å². The van der Waals surface area contributed by atoms with Crippen LogP contribution in [0.3, 0.4) is 0 Å². The minimum absolute atomic E-state index is 0.0640. The molecule has 0 spiro atoms. The molecular formula is C11H12ClN5. The number of nitrogens with one attached hydrogen (secondary N) is 1. The van der Waals surface area contributed by atoms with Crippen molar-refractivity contribution in [3.63, 3.8) is 0 Å². The highest BCUT2D eigenvalue weighted by molar-refractivity contribution is 6.28. The van der Waals surface area contributed by atoms with Crippen molar-refractivity contribution >= 4 is 23.5 Å². The molecule has 5 nitrogen and oxygen atoms in total. The van der Waals surface area contributed by atoms with E-state index in [2.05, 4.69) is 20.3 Å². The number of hydrogen-bond donors (Lipinski definition) is 2. The van der Waals surface area contributed by atoms with Gasteiger partial charge >= 0.3 is 0 Å². The van der Waals surface area contributed by atoms with E-state index in [0.717, 1.165) is 5.56 Å². The number of nitrogens with zero attached hydrogens (tertiary/aromatic N) is 3. The van der Waals surface area contributed by atoms with E-state index < -0.39 is 0 Å². The van der Waals surface area contributed by atoms with Crippen LogP contribution < -0.4 is 11.1 Å². The Kier molecular flexibility index (Phi) is 3.39. The Morgan fingerprint density at radius 1 is 1.18 bits per heavy atom. The van der Waals surface area contributed by atoms with Gasteiger partial charge in [0.2, 0.25) is 17.2 Å². The molecule has 2 aromatic rings. The molecule has 0 amide bonds. The van der Waals surface area contributed by atoms with Gasteiger partial charge in [0.05, 0.1) is 6.04 Å². The molecule has 1 unspecified atom stereocenters. The van der Waals surface area contributed by atoms with Crippen LogP contribution in [0, 0.1) is 0 Å². The molecule has 0 bridgehead atoms. The van der Waals surface area contributed by atoms with Crippen LogP contribution in [0.5, 0.6) is 0 Å². The third-order valence-electron chi connectivity index (χ3n) is 2.27. The zero-order chi connectivity index (χ0) is 12.3. The number of benzene rings is 1. The summed E-state index contributed by atoms with van der Waals surface area (Å²) in [5.41, 5.74) is 6.61. The van der Waals surface area contributed by atoms with Crippen molar-refractivity contribution < 1.29 is 0 Å². The van der Waals surface area contributed by atoms with Crippen LogP contribution in [0.25, 0.3) is 0 Å². The van der Waals surface area contributed by atoms with Crippen molar-refractivity contribution in [1.29, 1.82) is 0 Å². The van der Waals surface area contributed by atoms with E-state index in [1.54, 1.807) is 0 Å². The lowest BCUT2D eigenvalue weighted by Gasteiger charge is -2.13. The fourth-order valence-corrected chi connectivity index (χ4v) is 1.62. The molecule has 6 heteroatoms. The number of nitrogen functional groups attached to an aromatic ring is 1. The summed E-state index contributed by atoms with van der Waals surface area (Å²) in [6.45, 7) is 2.00. The zero-order valence-electron chi connectivity index (χ0n) is 9.26. The molecule has 1 atom stereocenters. The summed E-state index contributed by atoms with van der Waals surface area (Å²) < 4.78 is 0. The fourth-order valence-electron chi connectivity index (χ4n) is 1.45. The van der Waals surface area contributed by atoms with Crippen molar-refractivity contribution in [2.75, 3.05) is 11.1 Å². The highest BCUT2D eigenvalue weighted by Crippen LogP contribution is 2.17. The van der Waals surface area contributed by atoms with Gasteiger partial charge in [0.1, 0.15) is 0 Å². The van der Waals surface area contributed by atoms with Gasteiger partial charge in [0, 0.05) is 0 Å². The second-order valence-corrected chi connectivity index (χ2v) is 3.90. The standard InChI is InChI=1S/C11H12ClN5/c1-7(8-5-3-2-4-6-8)14-11-16-9(12)15-10(13)17-11/h2-7H,1H3,(H3,13,14,15,16,17). The Morgan fingerprint density at radius 2 is 1.88 bits per heavy atom. The molecule has 3 N–H and O–H groups in total. The van der Waals surface area contributed by atoms with Gasteiger partial charge in [-0.2, -0.15) is 15.0 Å². The molecule has 88 valence electrons. The molecule has 1 heterocycles. The van der Waals surface area contributed by atoms with Crippen LogP contribution in [0.4, 0.5) is 11.9 Å². The van der Waals surface area contributed by atoms with Crippen LogP contribution in [-0.4, -0.2) is 15.0 Å². The Morgan fingerprint density at radius 3 is 2.53 bits per heavy atom. The van der Waals surface area contributed by atoms with Gasteiger partial charge in [0.15, 0.2) is 0 Å². The van der Waals surface area contributed by atoms with Crippen molar-refractivity contribution in [1.82, 2.24) is 15.0 Å². The second kappa shape index (κ2) is 4.97. The van der Waals surface area contributed by atoms with Gasteiger partial charge in [-0.15, -0.1) is 0 Å². The number of anilines is 2. The van der Waals surface area contributed by atoms with Crippen LogP contribution in [0.15, 0.2) is 30.3 Å². The lowest BCUT2D eigenvalue weighted by Crippen LogP contribution is -2.11. The maximum Gasteiger partial charge on any atom is 0.229 e. The maximum atomic E-state index is 5.70. The predicted octanol–water partition coefficient (Wildman–Crippen LogP) is 2.28. The predicted molar refractivity (Wildman–Crippen MR) is 67.7 cm³/mol. The first-order valence-electron chi connectivity index (χ1n) is 5.13. The lowest BCUT2D eigenvalue weighted by atomic mass is 10.1. The Bertz CT molecular complexity index is 482. The van der Waals surface area contributed by atoms with Crippen molar-refractivity contribution in [3.8, 4) is 0 Å². The first-order chi connectivity index (χ1) is 8.15. The SMILES string of the molecule is CC(Nc1nc(N)nc(Cl)n1)c1ccccc1. The molecular weight excluding hydrogens is 238 g/mol. The molecule has 1 aromatic heterocycles. The number of rotatable bonds is 3. The van der Waals surface area contributed by atoms with Crippen LogP contribution in [-0.2, 0) is 0 Å². The van der Waals surface area contributed by atoms with Gasteiger partial charge in [0.25, 0.3) is 0 Å². The minimum atomic E-state index is 0.0640. The first kappa shape index (κ1) is 11.6. The minimum Gasteiger partial charge on any atom is -0.368 e. The van der Waals surface area contributed by atoms with Crippen LogP contribution in [0.1, 0.15) is 18.5 Å². The molecule has 0 radical (unpaired) electrons. The fraction of sp³-hybridized carbons (Fsp3) is 0.182. The molecule has 0 aliphatic carbocycles. The largest absolute Gasteiger partial charge is 0.368 e. The Balaban J connectivity index is 2.16. The van der Waals surface area contributed by atoms with Crippen LogP contribution >= 0.6 is 11.6 Å². The van der Waals surface area contributed by atoms with E-state index in [-0.39, 0.29) is 17.3 Å². The normalized spacial score (nSPS) is 12.1. The summed E-state index contributed by atoms with van der Waals surface area (Å²) in [5, 5.41) is 3.20. The molecule has 0 saturated carbocycles. The first-order valence-corrected chi connectivity index (χ1v) is 5.51. The van der Waals surface area contributed by atoms with Gasteiger partial charge in [-0.1, -0.05) is 30.3 Å². The van der Waals surface area contributed by atoms with Gasteiger partial charge in [-0.25, -0.2) is 0 Å². The summed E-state index contributed by atoms with van der Waals surface area (Å²) >= 11 is 5.70. The number of nitrogens with two attached hydrogens (primary N) is 1. The van der Waals surface area contributed by atoms with E-state index >= 15 is 0 Å². The van der Waals surface area contributed by atoms with E-state index in [9.17, 15) is 0 Å². The molecule has 2 rings (SSSR count). The van der Waals surface area contributed by atoms with E-state index in [0.29, 0.717) is 5.95 Å². The quantitative estimate of drug-likeness (QED) is 0.873. The lowest BCUT2D eigenvalue weighted by molar-refractivity contribution is 0.855. The van der Waals surface area contributed by atoms with Crippen molar-refractivity contribution in [2.24, 2.45) is 0 Å². The van der Waals surface area contributed by atoms with Gasteiger partial charge < -0.3 is 11.1 Å². The van der Waals surface area contributed by atoms with Crippen molar-refractivity contribution in [3.05, 3.63) is 41.2 Å². The van der Waals surface area contributed by atoms with E-state index in [1.807, 2.05) is 37.3 Å². The zero-order valence-corrected chi connectivity index (χ0v) is 10.0. The van der Waals surface area contributed by atoms with Gasteiger partial charge in [-0.3, -0.25) is 0 Å². The summed E-state index contributed by atoms with van der Waals surface area (Å²) in [6.07, 6.45) is 0. The third kappa shape index (κ3) is 3.04.